The van der Waals surface area contributed by atoms with Crippen molar-refractivity contribution in [2.45, 2.75) is 13.8 Å². The van der Waals surface area contributed by atoms with Gasteiger partial charge >= 0.3 is 0 Å². The van der Waals surface area contributed by atoms with Crippen LogP contribution < -0.4 is 4.74 Å². The first-order chi connectivity index (χ1) is 15.0. The maximum atomic E-state index is 6.57. The topological polar surface area (TPSA) is 52.8 Å². The minimum absolute atomic E-state index is 0.0898. The zero-order valence-electron chi connectivity index (χ0n) is 16.9. The molecule has 0 saturated heterocycles. The van der Waals surface area contributed by atoms with Gasteiger partial charge in [-0.1, -0.05) is 47.5 Å². The highest BCUT2D eigenvalue weighted by atomic mass is 35.5. The summed E-state index contributed by atoms with van der Waals surface area (Å²) in [7, 11) is 0. The van der Waals surface area contributed by atoms with Crippen molar-refractivity contribution in [3.63, 3.8) is 0 Å². The number of nitrogens with zero attached hydrogens (tertiary/aromatic N) is 4. The summed E-state index contributed by atoms with van der Waals surface area (Å²) in [5.74, 6) is 0.676. The van der Waals surface area contributed by atoms with E-state index in [2.05, 4.69) is 9.97 Å². The second-order valence-corrected chi connectivity index (χ2v) is 7.89. The van der Waals surface area contributed by atoms with E-state index in [1.54, 1.807) is 0 Å². The molecule has 0 saturated carbocycles. The molecular weight excluding hydrogens is 431 g/mol. The zero-order chi connectivity index (χ0) is 21.5. The van der Waals surface area contributed by atoms with Crippen molar-refractivity contribution in [2.24, 2.45) is 0 Å². The van der Waals surface area contributed by atoms with Crippen LogP contribution in [0.25, 0.3) is 38.9 Å². The Kier molecular flexibility index (Phi) is 5.00. The Balaban J connectivity index is 1.85. The molecule has 5 nitrogen and oxygen atoms in total. The third-order valence-corrected chi connectivity index (χ3v) is 5.57. The first kappa shape index (κ1) is 19.8. The van der Waals surface area contributed by atoms with Gasteiger partial charge in [-0.25, -0.2) is 9.97 Å². The average molecular weight is 449 g/mol. The largest absolute Gasteiger partial charge is 0.492 e. The number of ether oxygens (including phenoxy) is 1. The molecule has 7 heteroatoms. The molecule has 5 aromatic rings. The number of hydrogen-bond donors (Lipinski definition) is 0. The third-order valence-electron chi connectivity index (χ3n) is 5.13. The van der Waals surface area contributed by atoms with Crippen LogP contribution in [-0.2, 0) is 0 Å². The van der Waals surface area contributed by atoms with E-state index in [-0.39, 0.29) is 10.4 Å². The molecule has 154 valence electrons. The highest BCUT2D eigenvalue weighted by Gasteiger charge is 2.22. The number of pyridine rings is 1. The van der Waals surface area contributed by atoms with E-state index in [0.717, 1.165) is 22.2 Å². The van der Waals surface area contributed by atoms with E-state index < -0.39 is 0 Å². The van der Waals surface area contributed by atoms with E-state index in [9.17, 15) is 0 Å². The quantitative estimate of drug-likeness (QED) is 0.228. The molecule has 2 aromatic carbocycles. The number of hydrogen-bond acceptors (Lipinski definition) is 4. The summed E-state index contributed by atoms with van der Waals surface area (Å²) >= 11 is 12.7. The number of aryl methyl sites for hydroxylation is 1. The molecule has 5 rings (SSSR count). The Labute approximate surface area is 189 Å². The van der Waals surface area contributed by atoms with Crippen LogP contribution in [0.4, 0.5) is 0 Å². The van der Waals surface area contributed by atoms with E-state index in [1.165, 1.54) is 5.56 Å². The molecule has 0 atom stereocenters. The molecular formula is C24H18Cl2N4O. The van der Waals surface area contributed by atoms with E-state index in [1.807, 2.05) is 79.2 Å². The monoisotopic (exact) mass is 448 g/mol. The second kappa shape index (κ2) is 7.84. The Morgan fingerprint density at radius 1 is 0.968 bits per heavy atom. The number of para-hydroxylation sites is 1. The predicted molar refractivity (Wildman–Crippen MR) is 126 cm³/mol. The van der Waals surface area contributed by atoms with Crippen LogP contribution in [0, 0.1) is 6.92 Å². The molecule has 0 spiro atoms. The highest BCUT2D eigenvalue weighted by Crippen LogP contribution is 2.40. The number of fused-ring (bicyclic) bond motifs is 2. The number of aromatic nitrogens is 4. The van der Waals surface area contributed by atoms with Gasteiger partial charge in [-0.05, 0) is 49.7 Å². The molecule has 0 bridgehead atoms. The Morgan fingerprint density at radius 2 is 1.74 bits per heavy atom. The van der Waals surface area contributed by atoms with E-state index in [4.69, 9.17) is 32.9 Å². The summed E-state index contributed by atoms with van der Waals surface area (Å²) in [4.78, 5) is 13.6. The van der Waals surface area contributed by atoms with Crippen molar-refractivity contribution in [2.75, 3.05) is 6.61 Å². The first-order valence-electron chi connectivity index (χ1n) is 9.89. The fourth-order valence-electron chi connectivity index (χ4n) is 3.69. The van der Waals surface area contributed by atoms with Crippen LogP contribution in [0.5, 0.6) is 5.75 Å². The second-order valence-electron chi connectivity index (χ2n) is 7.19. The molecule has 0 amide bonds. The van der Waals surface area contributed by atoms with Crippen molar-refractivity contribution in [1.29, 1.82) is 0 Å². The molecule has 0 unspecified atom stereocenters. The molecule has 0 radical (unpaired) electrons. The van der Waals surface area contributed by atoms with Gasteiger partial charge in [0, 0.05) is 22.8 Å². The van der Waals surface area contributed by atoms with Gasteiger partial charge in [0.05, 0.1) is 17.5 Å². The lowest BCUT2D eigenvalue weighted by Gasteiger charge is -2.11. The van der Waals surface area contributed by atoms with Gasteiger partial charge in [-0.2, -0.15) is 4.98 Å². The molecule has 0 N–H and O–H groups in total. The van der Waals surface area contributed by atoms with Crippen molar-refractivity contribution in [3.05, 3.63) is 76.8 Å². The molecule has 3 aromatic heterocycles. The summed E-state index contributed by atoms with van der Waals surface area (Å²) in [6, 6.07) is 18.1. The molecule has 0 aliphatic carbocycles. The summed E-state index contributed by atoms with van der Waals surface area (Å²) < 4.78 is 7.92. The van der Waals surface area contributed by atoms with Gasteiger partial charge in [-0.3, -0.25) is 0 Å². The van der Waals surface area contributed by atoms with Gasteiger partial charge in [0.2, 0.25) is 5.28 Å². The van der Waals surface area contributed by atoms with Crippen LogP contribution in [-0.4, -0.2) is 26.1 Å². The number of benzene rings is 2. The van der Waals surface area contributed by atoms with Gasteiger partial charge in [0.1, 0.15) is 16.6 Å². The Morgan fingerprint density at radius 3 is 2.52 bits per heavy atom. The Bertz CT molecular complexity index is 1430. The van der Waals surface area contributed by atoms with Gasteiger partial charge in [0.25, 0.3) is 0 Å². The van der Waals surface area contributed by atoms with Crippen molar-refractivity contribution >= 4 is 45.1 Å². The molecule has 3 heterocycles. The fourth-order valence-corrected chi connectivity index (χ4v) is 4.17. The summed E-state index contributed by atoms with van der Waals surface area (Å²) in [5.41, 5.74) is 5.05. The molecule has 0 aliphatic heterocycles. The van der Waals surface area contributed by atoms with Crippen molar-refractivity contribution in [3.8, 4) is 22.7 Å². The SMILES string of the molecule is CCOc1cc2ccccc2nc1-c1cn(-c2ccc(C)cc2)c2nc(Cl)nc(Cl)c12. The van der Waals surface area contributed by atoms with E-state index in [0.29, 0.717) is 29.1 Å². The smallest absolute Gasteiger partial charge is 0.225 e. The molecule has 0 aliphatic rings. The maximum absolute atomic E-state index is 6.57. The summed E-state index contributed by atoms with van der Waals surface area (Å²) in [5, 5.41) is 2.04. The van der Waals surface area contributed by atoms with Gasteiger partial charge in [-0.15, -0.1) is 0 Å². The van der Waals surface area contributed by atoms with Crippen LogP contribution in [0.3, 0.4) is 0 Å². The van der Waals surface area contributed by atoms with Crippen molar-refractivity contribution in [1.82, 2.24) is 19.5 Å². The van der Waals surface area contributed by atoms with Crippen LogP contribution >= 0.6 is 23.2 Å². The van der Waals surface area contributed by atoms with Crippen LogP contribution in [0.1, 0.15) is 12.5 Å². The first-order valence-corrected chi connectivity index (χ1v) is 10.6. The minimum atomic E-state index is 0.0898. The van der Waals surface area contributed by atoms with Crippen LogP contribution in [0.2, 0.25) is 10.4 Å². The van der Waals surface area contributed by atoms with Gasteiger partial charge in [0.15, 0.2) is 5.65 Å². The number of halogens is 2. The minimum Gasteiger partial charge on any atom is -0.492 e. The molecule has 31 heavy (non-hydrogen) atoms. The standard InChI is InChI=1S/C24H18Cl2N4O/c1-3-31-19-12-15-6-4-5-7-18(15)27-21(19)17-13-30(16-10-8-14(2)9-11-16)23-20(17)22(25)28-24(26)29-23/h4-13H,3H2,1-2H3. The zero-order valence-corrected chi connectivity index (χ0v) is 18.4. The van der Waals surface area contributed by atoms with Gasteiger partial charge < -0.3 is 9.30 Å². The summed E-state index contributed by atoms with van der Waals surface area (Å²) in [6.07, 6.45) is 1.96. The lowest BCUT2D eigenvalue weighted by Crippen LogP contribution is -1.97. The maximum Gasteiger partial charge on any atom is 0.225 e. The summed E-state index contributed by atoms with van der Waals surface area (Å²) in [6.45, 7) is 4.51. The predicted octanol–water partition coefficient (Wildman–Crippen LogP) is 6.65. The Hall–Kier alpha value is -3.15. The normalized spacial score (nSPS) is 11.4. The number of rotatable bonds is 4. The molecule has 0 fully saturated rings. The lowest BCUT2D eigenvalue weighted by atomic mass is 10.1. The third kappa shape index (κ3) is 3.50. The fraction of sp³-hybridized carbons (Fsp3) is 0.125. The van der Waals surface area contributed by atoms with Crippen LogP contribution in [0.15, 0.2) is 60.8 Å². The lowest BCUT2D eigenvalue weighted by molar-refractivity contribution is 0.341. The highest BCUT2D eigenvalue weighted by molar-refractivity contribution is 6.36. The van der Waals surface area contributed by atoms with E-state index >= 15 is 0 Å². The van der Waals surface area contributed by atoms with Crippen molar-refractivity contribution < 1.29 is 4.74 Å². The average Bonchev–Trinajstić information content (AvgIpc) is 3.13.